The van der Waals surface area contributed by atoms with Gasteiger partial charge in [-0.2, -0.15) is 0 Å². The SMILES string of the molecule is Cc1cc(Br)ccc1NC(=O)COC(=O)Cc1ccccc1[N+](=O)[O-]. The van der Waals surface area contributed by atoms with Gasteiger partial charge in [0.2, 0.25) is 0 Å². The Hall–Kier alpha value is -2.74. The zero-order chi connectivity index (χ0) is 18.4. The van der Waals surface area contributed by atoms with E-state index < -0.39 is 23.4 Å². The highest BCUT2D eigenvalue weighted by Gasteiger charge is 2.17. The summed E-state index contributed by atoms with van der Waals surface area (Å²) in [5.74, 6) is -1.20. The summed E-state index contributed by atoms with van der Waals surface area (Å²) in [5.41, 5.74) is 1.55. The molecule has 1 amide bonds. The molecule has 0 bridgehead atoms. The van der Waals surface area contributed by atoms with Crippen LogP contribution in [0, 0.1) is 17.0 Å². The van der Waals surface area contributed by atoms with Crippen molar-refractivity contribution in [2.24, 2.45) is 0 Å². The quantitative estimate of drug-likeness (QED) is 0.450. The second kappa shape index (κ2) is 8.39. The summed E-state index contributed by atoms with van der Waals surface area (Å²) in [5, 5.41) is 13.6. The maximum absolute atomic E-state index is 11.9. The third kappa shape index (κ3) is 5.39. The van der Waals surface area contributed by atoms with Crippen LogP contribution in [0.4, 0.5) is 11.4 Å². The number of halogens is 1. The molecule has 0 radical (unpaired) electrons. The lowest BCUT2D eigenvalue weighted by Crippen LogP contribution is -2.22. The van der Waals surface area contributed by atoms with E-state index in [4.69, 9.17) is 4.74 Å². The van der Waals surface area contributed by atoms with Gasteiger partial charge in [0.15, 0.2) is 6.61 Å². The molecule has 2 aromatic carbocycles. The zero-order valence-electron chi connectivity index (χ0n) is 13.3. The molecule has 0 heterocycles. The van der Waals surface area contributed by atoms with Crippen molar-refractivity contribution in [1.82, 2.24) is 0 Å². The minimum atomic E-state index is -0.711. The Morgan fingerprint density at radius 2 is 1.96 bits per heavy atom. The van der Waals surface area contributed by atoms with Crippen LogP contribution in [0.5, 0.6) is 0 Å². The zero-order valence-corrected chi connectivity index (χ0v) is 14.9. The van der Waals surface area contributed by atoms with Gasteiger partial charge in [0.05, 0.1) is 11.3 Å². The number of hydrogen-bond donors (Lipinski definition) is 1. The van der Waals surface area contributed by atoms with Gasteiger partial charge >= 0.3 is 5.97 Å². The summed E-state index contributed by atoms with van der Waals surface area (Å²) < 4.78 is 5.78. The minimum Gasteiger partial charge on any atom is -0.455 e. The van der Waals surface area contributed by atoms with Gasteiger partial charge in [-0.15, -0.1) is 0 Å². The number of carbonyl (C=O) groups is 2. The summed E-state index contributed by atoms with van der Waals surface area (Å²) in [6.07, 6.45) is -0.276. The Morgan fingerprint density at radius 1 is 1.24 bits per heavy atom. The molecule has 0 unspecified atom stereocenters. The van der Waals surface area contributed by atoms with Gasteiger partial charge in [0.25, 0.3) is 11.6 Å². The summed E-state index contributed by atoms with van der Waals surface area (Å²) in [6.45, 7) is 1.37. The number of aryl methyl sites for hydroxylation is 1. The molecule has 0 saturated heterocycles. The highest BCUT2D eigenvalue weighted by atomic mass is 79.9. The lowest BCUT2D eigenvalue weighted by atomic mass is 10.1. The Labute approximate surface area is 152 Å². The highest BCUT2D eigenvalue weighted by Crippen LogP contribution is 2.20. The summed E-state index contributed by atoms with van der Waals surface area (Å²) in [7, 11) is 0. The molecule has 8 heteroatoms. The van der Waals surface area contributed by atoms with Crippen molar-refractivity contribution in [3.8, 4) is 0 Å². The number of ether oxygens (including phenoxy) is 1. The Bertz CT molecular complexity index is 822. The molecule has 0 aliphatic heterocycles. The second-order valence-corrected chi connectivity index (χ2v) is 6.15. The Morgan fingerprint density at radius 3 is 2.64 bits per heavy atom. The molecule has 1 N–H and O–H groups in total. The fourth-order valence-electron chi connectivity index (χ4n) is 2.14. The van der Waals surface area contributed by atoms with Gasteiger partial charge in [-0.3, -0.25) is 19.7 Å². The maximum Gasteiger partial charge on any atom is 0.311 e. The number of amides is 1. The largest absolute Gasteiger partial charge is 0.455 e. The van der Waals surface area contributed by atoms with Crippen LogP contribution in [-0.4, -0.2) is 23.4 Å². The van der Waals surface area contributed by atoms with Crippen LogP contribution in [0.2, 0.25) is 0 Å². The molecule has 0 atom stereocenters. The van der Waals surface area contributed by atoms with Crippen LogP contribution >= 0.6 is 15.9 Å². The molecular formula is C17H15BrN2O5. The number of esters is 1. The number of nitrogens with one attached hydrogen (secondary N) is 1. The van der Waals surface area contributed by atoms with Crippen LogP contribution in [0.3, 0.4) is 0 Å². The summed E-state index contributed by atoms with van der Waals surface area (Å²) >= 11 is 3.33. The number of carbonyl (C=O) groups excluding carboxylic acids is 2. The highest BCUT2D eigenvalue weighted by molar-refractivity contribution is 9.10. The van der Waals surface area contributed by atoms with Crippen LogP contribution < -0.4 is 5.32 Å². The molecule has 0 fully saturated rings. The van der Waals surface area contributed by atoms with Crippen LogP contribution in [0.25, 0.3) is 0 Å². The molecule has 0 aromatic heterocycles. The van der Waals surface area contributed by atoms with Crippen molar-refractivity contribution in [2.75, 3.05) is 11.9 Å². The summed E-state index contributed by atoms with van der Waals surface area (Å²) in [6, 6.07) is 11.3. The third-order valence-electron chi connectivity index (χ3n) is 3.35. The lowest BCUT2D eigenvalue weighted by Gasteiger charge is -2.09. The van der Waals surface area contributed by atoms with Crippen molar-refractivity contribution < 1.29 is 19.2 Å². The van der Waals surface area contributed by atoms with E-state index in [1.165, 1.54) is 18.2 Å². The van der Waals surface area contributed by atoms with Crippen molar-refractivity contribution in [3.05, 3.63) is 68.2 Å². The molecule has 0 saturated carbocycles. The fourth-order valence-corrected chi connectivity index (χ4v) is 2.62. The third-order valence-corrected chi connectivity index (χ3v) is 3.84. The number of benzene rings is 2. The van der Waals surface area contributed by atoms with Gasteiger partial charge in [-0.05, 0) is 30.7 Å². The first-order valence-corrected chi connectivity index (χ1v) is 8.10. The van der Waals surface area contributed by atoms with Crippen LogP contribution in [-0.2, 0) is 20.7 Å². The van der Waals surface area contributed by atoms with Gasteiger partial charge < -0.3 is 10.1 Å². The molecule has 0 spiro atoms. The second-order valence-electron chi connectivity index (χ2n) is 5.23. The number of nitrogens with zero attached hydrogens (tertiary/aromatic N) is 1. The minimum absolute atomic E-state index is 0.158. The first-order chi connectivity index (χ1) is 11.9. The van der Waals surface area contributed by atoms with E-state index in [1.54, 1.807) is 18.2 Å². The van der Waals surface area contributed by atoms with E-state index in [0.29, 0.717) is 5.69 Å². The predicted octanol–water partition coefficient (Wildman–Crippen LogP) is 3.39. The van der Waals surface area contributed by atoms with E-state index in [9.17, 15) is 19.7 Å². The van der Waals surface area contributed by atoms with Crippen molar-refractivity contribution in [3.63, 3.8) is 0 Å². The van der Waals surface area contributed by atoms with Gasteiger partial charge in [0, 0.05) is 21.8 Å². The summed E-state index contributed by atoms with van der Waals surface area (Å²) in [4.78, 5) is 34.0. The average molecular weight is 407 g/mol. The monoisotopic (exact) mass is 406 g/mol. The Kier molecular flexibility index (Phi) is 6.24. The van der Waals surface area contributed by atoms with Crippen LogP contribution in [0.1, 0.15) is 11.1 Å². The first kappa shape index (κ1) is 18.6. The normalized spacial score (nSPS) is 10.2. The maximum atomic E-state index is 11.9. The standard InChI is InChI=1S/C17H15BrN2O5/c1-11-8-13(18)6-7-14(11)19-16(21)10-25-17(22)9-12-4-2-3-5-15(12)20(23)24/h2-8H,9-10H2,1H3,(H,19,21). The molecule has 0 aliphatic carbocycles. The molecular weight excluding hydrogens is 392 g/mol. The number of rotatable bonds is 6. The number of anilines is 1. The Balaban J connectivity index is 1.89. The van der Waals surface area contributed by atoms with Crippen molar-refractivity contribution >= 4 is 39.2 Å². The smallest absolute Gasteiger partial charge is 0.311 e. The molecule has 25 heavy (non-hydrogen) atoms. The topological polar surface area (TPSA) is 98.5 Å². The number of hydrogen-bond acceptors (Lipinski definition) is 5. The van der Waals surface area contributed by atoms with Gasteiger partial charge in [-0.1, -0.05) is 34.1 Å². The molecule has 0 aliphatic rings. The van der Waals surface area contributed by atoms with E-state index in [1.807, 2.05) is 13.0 Å². The average Bonchev–Trinajstić information content (AvgIpc) is 2.56. The van der Waals surface area contributed by atoms with Crippen LogP contribution in [0.15, 0.2) is 46.9 Å². The molecule has 130 valence electrons. The fraction of sp³-hybridized carbons (Fsp3) is 0.176. The number of nitro groups is 1. The van der Waals surface area contributed by atoms with Crippen molar-refractivity contribution in [2.45, 2.75) is 13.3 Å². The predicted molar refractivity (Wildman–Crippen MR) is 95.3 cm³/mol. The van der Waals surface area contributed by atoms with E-state index in [0.717, 1.165) is 10.0 Å². The number of nitro benzene ring substituents is 1. The molecule has 7 nitrogen and oxygen atoms in total. The van der Waals surface area contributed by atoms with E-state index in [-0.39, 0.29) is 17.7 Å². The van der Waals surface area contributed by atoms with Gasteiger partial charge in [-0.25, -0.2) is 0 Å². The first-order valence-electron chi connectivity index (χ1n) is 7.30. The lowest BCUT2D eigenvalue weighted by molar-refractivity contribution is -0.385. The van der Waals surface area contributed by atoms with E-state index in [2.05, 4.69) is 21.2 Å². The van der Waals surface area contributed by atoms with Gasteiger partial charge in [0.1, 0.15) is 0 Å². The molecule has 2 aromatic rings. The van der Waals surface area contributed by atoms with Crippen molar-refractivity contribution in [1.29, 1.82) is 0 Å². The molecule has 2 rings (SSSR count). The number of para-hydroxylation sites is 1. The van der Waals surface area contributed by atoms with E-state index >= 15 is 0 Å².